The minimum absolute atomic E-state index is 0.160. The second-order valence-corrected chi connectivity index (χ2v) is 7.38. The normalized spacial score (nSPS) is 18.1. The number of likely N-dealkylation sites (N-methyl/N-ethyl adjacent to an activating group) is 1. The molecule has 0 bridgehead atoms. The molecule has 1 N–H and O–H groups in total. The largest absolute Gasteiger partial charge is 0.479 e. The molecule has 1 atom stereocenters. The summed E-state index contributed by atoms with van der Waals surface area (Å²) in [7, 11) is 5.61. The van der Waals surface area contributed by atoms with Crippen molar-refractivity contribution < 1.29 is 9.26 Å². The van der Waals surface area contributed by atoms with Gasteiger partial charge in [0, 0.05) is 38.8 Å². The Morgan fingerprint density at radius 2 is 2.04 bits per heavy atom. The molecule has 1 aliphatic heterocycles. The van der Waals surface area contributed by atoms with Crippen LogP contribution in [0.25, 0.3) is 11.0 Å². The molecule has 150 valence electrons. The quantitative estimate of drug-likeness (QED) is 0.703. The maximum Gasteiger partial charge on any atom is 0.242 e. The van der Waals surface area contributed by atoms with Crippen LogP contribution >= 0.6 is 0 Å². The van der Waals surface area contributed by atoms with Crippen LogP contribution in [0.3, 0.4) is 0 Å². The first-order chi connectivity index (χ1) is 13.5. The van der Waals surface area contributed by atoms with Crippen LogP contribution in [0.1, 0.15) is 34.6 Å². The average Bonchev–Trinajstić information content (AvgIpc) is 3.27. The van der Waals surface area contributed by atoms with Crippen LogP contribution in [-0.4, -0.2) is 63.6 Å². The van der Waals surface area contributed by atoms with Crippen molar-refractivity contribution in [1.29, 1.82) is 0 Å². The van der Waals surface area contributed by atoms with Crippen LogP contribution in [0.5, 0.6) is 5.88 Å². The van der Waals surface area contributed by atoms with Gasteiger partial charge in [0.2, 0.25) is 11.8 Å². The monoisotopic (exact) mass is 385 g/mol. The third kappa shape index (κ3) is 3.24. The van der Waals surface area contributed by atoms with Gasteiger partial charge >= 0.3 is 0 Å². The molecule has 3 aromatic heterocycles. The number of hydrogen-bond acceptors (Lipinski definition) is 8. The lowest BCUT2D eigenvalue weighted by molar-refractivity contribution is 0.190. The van der Waals surface area contributed by atoms with Crippen molar-refractivity contribution in [3.63, 3.8) is 0 Å². The number of pyridine rings is 1. The highest BCUT2D eigenvalue weighted by Gasteiger charge is 2.25. The molecule has 0 amide bonds. The van der Waals surface area contributed by atoms with E-state index in [9.17, 15) is 0 Å². The Bertz CT molecular complexity index is 994. The molecule has 9 nitrogen and oxygen atoms in total. The van der Waals surface area contributed by atoms with Gasteiger partial charge in [-0.1, -0.05) is 5.16 Å². The van der Waals surface area contributed by atoms with Crippen molar-refractivity contribution in [3.8, 4) is 5.88 Å². The fraction of sp³-hybridized carbons (Fsp3) is 0.579. The van der Waals surface area contributed by atoms with Crippen LogP contribution < -0.4 is 10.1 Å². The molecule has 28 heavy (non-hydrogen) atoms. The van der Waals surface area contributed by atoms with E-state index in [4.69, 9.17) is 14.2 Å². The minimum Gasteiger partial charge on any atom is -0.479 e. The maximum absolute atomic E-state index is 5.53. The third-order valence-electron chi connectivity index (χ3n) is 5.60. The van der Waals surface area contributed by atoms with E-state index < -0.39 is 0 Å². The van der Waals surface area contributed by atoms with Gasteiger partial charge in [-0.2, -0.15) is 4.98 Å². The Labute approximate surface area is 164 Å². The van der Waals surface area contributed by atoms with Crippen molar-refractivity contribution in [2.24, 2.45) is 7.05 Å². The summed E-state index contributed by atoms with van der Waals surface area (Å²) in [6.07, 6.45) is 1.45. The number of aromatic nitrogens is 5. The predicted octanol–water partition coefficient (Wildman–Crippen LogP) is 1.34. The molecule has 4 heterocycles. The molecular formula is C19H27N7O2. The van der Waals surface area contributed by atoms with Crippen molar-refractivity contribution in [2.75, 3.05) is 33.8 Å². The second kappa shape index (κ2) is 7.48. The lowest BCUT2D eigenvalue weighted by atomic mass is 10.0. The zero-order valence-corrected chi connectivity index (χ0v) is 17.1. The molecule has 0 radical (unpaired) electrons. The van der Waals surface area contributed by atoms with E-state index in [1.807, 2.05) is 14.0 Å². The molecular weight excluding hydrogens is 358 g/mol. The third-order valence-corrected chi connectivity index (χ3v) is 5.60. The topological polar surface area (TPSA) is 94.1 Å². The molecule has 1 aliphatic rings. The van der Waals surface area contributed by atoms with E-state index in [2.05, 4.69) is 39.4 Å². The Hall–Kier alpha value is -2.52. The molecule has 1 unspecified atom stereocenters. The summed E-state index contributed by atoms with van der Waals surface area (Å²) in [5, 5.41) is 13.0. The van der Waals surface area contributed by atoms with Crippen LogP contribution in [0.4, 0.5) is 0 Å². The van der Waals surface area contributed by atoms with Gasteiger partial charge in [0.25, 0.3) is 0 Å². The van der Waals surface area contributed by atoms with Crippen LogP contribution in [-0.2, 0) is 19.9 Å². The molecule has 9 heteroatoms. The Morgan fingerprint density at radius 1 is 1.21 bits per heavy atom. The Morgan fingerprint density at radius 3 is 2.79 bits per heavy atom. The smallest absolute Gasteiger partial charge is 0.242 e. The molecule has 4 rings (SSSR count). The van der Waals surface area contributed by atoms with Gasteiger partial charge in [-0.15, -0.1) is 5.10 Å². The molecule has 0 aromatic carbocycles. The fourth-order valence-corrected chi connectivity index (χ4v) is 3.94. The van der Waals surface area contributed by atoms with Crippen molar-refractivity contribution in [1.82, 2.24) is 35.1 Å². The van der Waals surface area contributed by atoms with Gasteiger partial charge < -0.3 is 14.6 Å². The van der Waals surface area contributed by atoms with Gasteiger partial charge in [0.15, 0.2) is 11.5 Å². The number of hydrogen-bond donors (Lipinski definition) is 1. The SMILES string of the molecule is COc1nn(C)c2nc(C)c(CCc3nc(C4CNCCN4C)no3)c(C)c12. The Kier molecular flexibility index (Phi) is 5.03. The first-order valence-electron chi connectivity index (χ1n) is 9.59. The van der Waals surface area contributed by atoms with Gasteiger partial charge in [-0.25, -0.2) is 9.67 Å². The van der Waals surface area contributed by atoms with E-state index in [1.165, 1.54) is 5.56 Å². The standard InChI is InChI=1S/C19H27N7O2/c1-11-13(12(2)21-18-16(11)19(27-5)23-26(18)4)6-7-15-22-17(24-28-15)14-10-20-8-9-25(14)3/h14,20H,6-10H2,1-5H3. The van der Waals surface area contributed by atoms with E-state index in [1.54, 1.807) is 11.8 Å². The summed E-state index contributed by atoms with van der Waals surface area (Å²) in [6.45, 7) is 6.94. The number of ether oxygens (including phenoxy) is 1. The number of piperazine rings is 1. The number of nitrogens with one attached hydrogen (secondary N) is 1. The van der Waals surface area contributed by atoms with Gasteiger partial charge in [-0.3, -0.25) is 4.90 Å². The molecule has 0 spiro atoms. The van der Waals surface area contributed by atoms with E-state index >= 15 is 0 Å². The average molecular weight is 385 g/mol. The molecule has 3 aromatic rings. The highest BCUT2D eigenvalue weighted by molar-refractivity contribution is 5.86. The van der Waals surface area contributed by atoms with Crippen LogP contribution in [0, 0.1) is 13.8 Å². The summed E-state index contributed by atoms with van der Waals surface area (Å²) in [4.78, 5) is 11.6. The van der Waals surface area contributed by atoms with E-state index in [0.717, 1.165) is 54.2 Å². The predicted molar refractivity (Wildman–Crippen MR) is 104 cm³/mol. The number of fused-ring (bicyclic) bond motifs is 1. The number of methoxy groups -OCH3 is 1. The summed E-state index contributed by atoms with van der Waals surface area (Å²) in [6, 6.07) is 0.160. The summed E-state index contributed by atoms with van der Waals surface area (Å²) >= 11 is 0. The van der Waals surface area contributed by atoms with Gasteiger partial charge in [-0.05, 0) is 38.4 Å². The molecule has 1 fully saturated rings. The zero-order valence-electron chi connectivity index (χ0n) is 17.1. The molecule has 0 aliphatic carbocycles. The van der Waals surface area contributed by atoms with Crippen molar-refractivity contribution in [2.45, 2.75) is 32.7 Å². The number of aryl methyl sites for hydroxylation is 4. The fourth-order valence-electron chi connectivity index (χ4n) is 3.94. The van der Waals surface area contributed by atoms with Crippen molar-refractivity contribution in [3.05, 3.63) is 28.5 Å². The van der Waals surface area contributed by atoms with Crippen LogP contribution in [0.2, 0.25) is 0 Å². The lowest BCUT2D eigenvalue weighted by Crippen LogP contribution is -2.44. The van der Waals surface area contributed by atoms with Gasteiger partial charge in [0.1, 0.15) is 0 Å². The molecule has 1 saturated heterocycles. The maximum atomic E-state index is 5.53. The lowest BCUT2D eigenvalue weighted by Gasteiger charge is -2.30. The van der Waals surface area contributed by atoms with E-state index in [-0.39, 0.29) is 6.04 Å². The first kappa shape index (κ1) is 18.8. The molecule has 0 saturated carbocycles. The zero-order chi connectivity index (χ0) is 19.8. The van der Waals surface area contributed by atoms with Gasteiger partial charge in [0.05, 0.1) is 18.5 Å². The Balaban J connectivity index is 1.56. The first-order valence-corrected chi connectivity index (χ1v) is 9.59. The minimum atomic E-state index is 0.160. The van der Waals surface area contributed by atoms with Crippen LogP contribution in [0.15, 0.2) is 4.52 Å². The number of rotatable bonds is 5. The second-order valence-electron chi connectivity index (χ2n) is 7.38. The van der Waals surface area contributed by atoms with Crippen molar-refractivity contribution >= 4 is 11.0 Å². The summed E-state index contributed by atoms with van der Waals surface area (Å²) in [5.41, 5.74) is 4.15. The highest BCUT2D eigenvalue weighted by Crippen LogP contribution is 2.30. The summed E-state index contributed by atoms with van der Waals surface area (Å²) < 4.78 is 12.7. The highest BCUT2D eigenvalue weighted by atomic mass is 16.5. The summed E-state index contributed by atoms with van der Waals surface area (Å²) in [5.74, 6) is 2.02. The van der Waals surface area contributed by atoms with E-state index in [0.29, 0.717) is 18.2 Å². The number of nitrogens with zero attached hydrogens (tertiary/aromatic N) is 6.